The molecule has 0 heterocycles. The molecule has 0 aliphatic rings. The van der Waals surface area contributed by atoms with E-state index in [9.17, 15) is 17.6 Å². The van der Waals surface area contributed by atoms with E-state index in [0.717, 1.165) is 12.1 Å². The first-order valence-electron chi connectivity index (χ1n) is 8.74. The Bertz CT molecular complexity index is 801. The Morgan fingerprint density at radius 1 is 1.04 bits per heavy atom. The lowest BCUT2D eigenvalue weighted by Gasteiger charge is -2.19. The van der Waals surface area contributed by atoms with Crippen LogP contribution in [0.1, 0.15) is 36.5 Å². The van der Waals surface area contributed by atoms with Gasteiger partial charge in [0.05, 0.1) is 19.3 Å². The highest BCUT2D eigenvalue weighted by atomic mass is 28.3. The second-order valence-electron chi connectivity index (χ2n) is 6.96. The highest BCUT2D eigenvalue weighted by molar-refractivity contribution is 6.48. The minimum absolute atomic E-state index is 0.0701. The van der Waals surface area contributed by atoms with Gasteiger partial charge >= 0.3 is 6.18 Å². The molecule has 2 aromatic rings. The molecule has 0 fully saturated rings. The molecular weight excluding hydrogens is 376 g/mol. The Morgan fingerprint density at radius 2 is 1.70 bits per heavy atom. The van der Waals surface area contributed by atoms with E-state index in [1.54, 1.807) is 6.07 Å². The fraction of sp³-hybridized carbons (Fsp3) is 0.400. The lowest BCUT2D eigenvalue weighted by molar-refractivity contribution is -0.137. The van der Waals surface area contributed by atoms with Crippen LogP contribution in [0.25, 0.3) is 11.1 Å². The Labute approximate surface area is 158 Å². The van der Waals surface area contributed by atoms with Crippen molar-refractivity contribution < 1.29 is 26.7 Å². The Balaban J connectivity index is 2.67. The molecule has 0 bridgehead atoms. The molecule has 27 heavy (non-hydrogen) atoms. The van der Waals surface area contributed by atoms with Crippen LogP contribution < -0.4 is 4.74 Å². The summed E-state index contributed by atoms with van der Waals surface area (Å²) in [5, 5.41) is 0. The van der Waals surface area contributed by atoms with Crippen LogP contribution in [0, 0.1) is 5.82 Å². The van der Waals surface area contributed by atoms with Crippen molar-refractivity contribution in [2.75, 3.05) is 7.11 Å². The van der Waals surface area contributed by atoms with Crippen LogP contribution in [-0.4, -0.2) is 16.2 Å². The molecule has 0 aromatic heterocycles. The quantitative estimate of drug-likeness (QED) is 0.428. The summed E-state index contributed by atoms with van der Waals surface area (Å²) < 4.78 is 64.8. The van der Waals surface area contributed by atoms with Crippen molar-refractivity contribution in [1.82, 2.24) is 0 Å². The first-order valence-corrected chi connectivity index (χ1v) is 11.5. The number of rotatable bonds is 6. The number of benzene rings is 2. The van der Waals surface area contributed by atoms with Crippen molar-refractivity contribution in [1.29, 1.82) is 0 Å². The standard InChI is InChI=1S/C20H24F4O2Si/c1-12(2)16-9-17(19(25-3)10-18(16)21)15-7-6-14(20(22,23)24)8-13(15)11-26-27(4)5/h6-10,12,27H,11H2,1-5H3. The largest absolute Gasteiger partial charge is 0.496 e. The first-order chi connectivity index (χ1) is 12.5. The van der Waals surface area contributed by atoms with Gasteiger partial charge in [-0.25, -0.2) is 4.39 Å². The van der Waals surface area contributed by atoms with Crippen LogP contribution in [0.3, 0.4) is 0 Å². The van der Waals surface area contributed by atoms with Gasteiger partial charge in [-0.05, 0) is 53.9 Å². The predicted octanol–water partition coefficient (Wildman–Crippen LogP) is 6.14. The van der Waals surface area contributed by atoms with Crippen LogP contribution in [0.4, 0.5) is 17.6 Å². The highest BCUT2D eigenvalue weighted by Crippen LogP contribution is 2.39. The van der Waals surface area contributed by atoms with Gasteiger partial charge in [0.25, 0.3) is 0 Å². The van der Waals surface area contributed by atoms with Gasteiger partial charge < -0.3 is 9.16 Å². The predicted molar refractivity (Wildman–Crippen MR) is 101 cm³/mol. The van der Waals surface area contributed by atoms with Crippen LogP contribution in [0.2, 0.25) is 13.1 Å². The van der Waals surface area contributed by atoms with Crippen molar-refractivity contribution in [2.45, 2.75) is 45.6 Å². The fourth-order valence-electron chi connectivity index (χ4n) is 2.80. The zero-order valence-corrected chi connectivity index (χ0v) is 17.2. The third-order valence-corrected chi connectivity index (χ3v) is 5.07. The molecular formula is C20H24F4O2Si. The first kappa shape index (κ1) is 21.4. The summed E-state index contributed by atoms with van der Waals surface area (Å²) in [7, 11) is -0.0275. The van der Waals surface area contributed by atoms with Crippen LogP contribution >= 0.6 is 0 Å². The molecule has 0 spiro atoms. The van der Waals surface area contributed by atoms with E-state index in [1.807, 2.05) is 26.9 Å². The molecule has 0 saturated heterocycles. The van der Waals surface area contributed by atoms with Crippen LogP contribution in [0.15, 0.2) is 30.3 Å². The number of ether oxygens (including phenoxy) is 1. The lowest BCUT2D eigenvalue weighted by Crippen LogP contribution is -2.11. The number of hydrogen-bond donors (Lipinski definition) is 0. The monoisotopic (exact) mass is 400 g/mol. The molecule has 0 aliphatic heterocycles. The Kier molecular flexibility index (Phi) is 6.70. The molecule has 0 atom stereocenters. The van der Waals surface area contributed by atoms with Gasteiger partial charge in [-0.2, -0.15) is 13.2 Å². The molecule has 0 unspecified atom stereocenters. The number of alkyl halides is 3. The molecule has 0 amide bonds. The van der Waals surface area contributed by atoms with E-state index in [1.165, 1.54) is 19.2 Å². The average Bonchev–Trinajstić information content (AvgIpc) is 2.58. The molecule has 0 N–H and O–H groups in total. The van der Waals surface area contributed by atoms with E-state index in [4.69, 9.17) is 9.16 Å². The van der Waals surface area contributed by atoms with Crippen molar-refractivity contribution in [2.24, 2.45) is 0 Å². The molecule has 0 aliphatic carbocycles. The van der Waals surface area contributed by atoms with Gasteiger partial charge in [-0.15, -0.1) is 0 Å². The summed E-state index contributed by atoms with van der Waals surface area (Å²) in [6.07, 6.45) is -4.45. The maximum Gasteiger partial charge on any atom is 0.416 e. The van der Waals surface area contributed by atoms with Crippen molar-refractivity contribution >= 4 is 9.04 Å². The average molecular weight is 400 g/mol. The van der Waals surface area contributed by atoms with Gasteiger partial charge in [-0.3, -0.25) is 0 Å². The molecule has 2 aromatic carbocycles. The smallest absolute Gasteiger partial charge is 0.416 e. The van der Waals surface area contributed by atoms with E-state index in [0.29, 0.717) is 22.3 Å². The van der Waals surface area contributed by atoms with Gasteiger partial charge in [0.1, 0.15) is 11.6 Å². The summed E-state index contributed by atoms with van der Waals surface area (Å²) in [5.41, 5.74) is 1.26. The highest BCUT2D eigenvalue weighted by Gasteiger charge is 2.31. The topological polar surface area (TPSA) is 18.5 Å². The van der Waals surface area contributed by atoms with Gasteiger partial charge in [0.15, 0.2) is 9.04 Å². The lowest BCUT2D eigenvalue weighted by atomic mass is 9.92. The van der Waals surface area contributed by atoms with E-state index < -0.39 is 26.6 Å². The van der Waals surface area contributed by atoms with E-state index in [-0.39, 0.29) is 18.3 Å². The zero-order chi connectivity index (χ0) is 20.4. The van der Waals surface area contributed by atoms with Crippen LogP contribution in [-0.2, 0) is 17.2 Å². The SMILES string of the molecule is COc1cc(F)c(C(C)C)cc1-c1ccc(C(F)(F)F)cc1CO[SiH](C)C. The molecule has 148 valence electrons. The third-order valence-electron chi connectivity index (χ3n) is 4.24. The number of halogens is 4. The molecule has 0 radical (unpaired) electrons. The maximum atomic E-state index is 14.3. The van der Waals surface area contributed by atoms with Crippen molar-refractivity contribution in [3.8, 4) is 16.9 Å². The zero-order valence-electron chi connectivity index (χ0n) is 16.1. The Morgan fingerprint density at radius 3 is 2.22 bits per heavy atom. The summed E-state index contributed by atoms with van der Waals surface area (Å²) in [5.74, 6) is -0.198. The summed E-state index contributed by atoms with van der Waals surface area (Å²) in [6.45, 7) is 7.68. The van der Waals surface area contributed by atoms with E-state index in [2.05, 4.69) is 0 Å². The molecule has 7 heteroatoms. The summed E-state index contributed by atoms with van der Waals surface area (Å²) >= 11 is 0. The number of hydrogen-bond acceptors (Lipinski definition) is 2. The fourth-order valence-corrected chi connectivity index (χ4v) is 3.32. The van der Waals surface area contributed by atoms with Gasteiger partial charge in [0.2, 0.25) is 0 Å². The normalized spacial score (nSPS) is 12.1. The Hall–Kier alpha value is -1.86. The maximum absolute atomic E-state index is 14.3. The number of methoxy groups -OCH3 is 1. The van der Waals surface area contributed by atoms with Crippen LogP contribution in [0.5, 0.6) is 5.75 Å². The third kappa shape index (κ3) is 5.10. The molecule has 2 nitrogen and oxygen atoms in total. The van der Waals surface area contributed by atoms with Crippen molar-refractivity contribution in [3.63, 3.8) is 0 Å². The van der Waals surface area contributed by atoms with Gasteiger partial charge in [-0.1, -0.05) is 19.9 Å². The second kappa shape index (κ2) is 8.44. The minimum Gasteiger partial charge on any atom is -0.496 e. The molecule has 2 rings (SSSR count). The second-order valence-corrected chi connectivity index (χ2v) is 9.39. The van der Waals surface area contributed by atoms with Gasteiger partial charge in [0, 0.05) is 11.6 Å². The van der Waals surface area contributed by atoms with Crippen molar-refractivity contribution in [3.05, 3.63) is 52.8 Å². The van der Waals surface area contributed by atoms with E-state index >= 15 is 0 Å². The summed E-state index contributed by atoms with van der Waals surface area (Å²) in [6, 6.07) is 6.47. The summed E-state index contributed by atoms with van der Waals surface area (Å²) in [4.78, 5) is 0. The molecule has 0 saturated carbocycles. The minimum atomic E-state index is -4.45.